The predicted molar refractivity (Wildman–Crippen MR) is 98.3 cm³/mol. The zero-order chi connectivity index (χ0) is 23.2. The fourth-order valence-corrected chi connectivity index (χ4v) is 4.53. The largest absolute Gasteiger partial charge is 0.338 e. The lowest BCUT2D eigenvalue weighted by molar-refractivity contribution is -0.169. The number of halogens is 6. The van der Waals surface area contributed by atoms with Crippen LogP contribution < -0.4 is 0 Å². The Morgan fingerprint density at radius 2 is 0.767 bits per heavy atom. The molecule has 2 aliphatic heterocycles. The molecule has 0 N–H and O–H groups in total. The van der Waals surface area contributed by atoms with Gasteiger partial charge in [0.1, 0.15) is 0 Å². The van der Waals surface area contributed by atoms with E-state index in [0.717, 1.165) is 0 Å². The summed E-state index contributed by atoms with van der Waals surface area (Å²) in [5.74, 6) is -11.6. The van der Waals surface area contributed by atoms with Gasteiger partial charge in [0.25, 0.3) is 23.6 Å². The summed E-state index contributed by atoms with van der Waals surface area (Å²) in [6, 6.07) is 0. The van der Waals surface area contributed by atoms with Gasteiger partial charge in [-0.05, 0) is 0 Å². The summed E-state index contributed by atoms with van der Waals surface area (Å²) < 4.78 is 49.5. The van der Waals surface area contributed by atoms with Crippen molar-refractivity contribution in [2.45, 2.75) is 6.25 Å². The first kappa shape index (κ1) is 24.5. The minimum Gasteiger partial charge on any atom is -0.272 e. The number of carbonyl (C=O) groups excluding carboxylic acids is 4. The van der Waals surface area contributed by atoms with Crippen LogP contribution in [0.3, 0.4) is 0 Å². The molecule has 2 saturated heterocycles. The van der Waals surface area contributed by atoms with Gasteiger partial charge in [-0.2, -0.15) is 16.8 Å². The summed E-state index contributed by atoms with van der Waals surface area (Å²) in [6.07, 6.45) is 0. The van der Waals surface area contributed by atoms with Gasteiger partial charge in [-0.1, -0.05) is 69.6 Å². The van der Waals surface area contributed by atoms with Gasteiger partial charge in [0.15, 0.2) is 0 Å². The molecule has 0 spiro atoms. The molecule has 20 heteroatoms. The molecule has 1 aliphatic carbocycles. The highest BCUT2D eigenvalue weighted by molar-refractivity contribution is 7.93. The molecule has 3 aliphatic rings. The number of hydroxylamine groups is 4. The number of hydrogen-bond acceptors (Lipinski definition) is 10. The summed E-state index contributed by atoms with van der Waals surface area (Å²) in [5, 5.41) is -0.483. The molecule has 0 aromatic carbocycles. The maximum absolute atomic E-state index is 12.4. The second-order valence-corrected chi connectivity index (χ2v) is 15.2. The Kier molecular flexibility index (Phi) is 5.85. The Balaban J connectivity index is 1.86. The van der Waals surface area contributed by atoms with Crippen molar-refractivity contribution in [1.82, 2.24) is 10.1 Å². The monoisotopic (exact) mass is 586 g/mol. The van der Waals surface area contributed by atoms with Gasteiger partial charge in [-0.3, -0.25) is 19.2 Å². The average Bonchev–Trinajstić information content (AvgIpc) is 2.82. The van der Waals surface area contributed by atoms with Gasteiger partial charge < -0.3 is 0 Å². The molecule has 0 bridgehead atoms. The van der Waals surface area contributed by atoms with Crippen LogP contribution in [0.2, 0.25) is 0 Å². The fourth-order valence-electron chi connectivity index (χ4n) is 3.16. The smallest absolute Gasteiger partial charge is 0.272 e. The first-order valence-electron chi connectivity index (χ1n) is 7.11. The van der Waals surface area contributed by atoms with Crippen LogP contribution in [0.5, 0.6) is 0 Å². The number of imide groups is 2. The van der Waals surface area contributed by atoms with Crippen molar-refractivity contribution in [3.63, 3.8) is 0 Å². The third-order valence-corrected chi connectivity index (χ3v) is 9.63. The summed E-state index contributed by atoms with van der Waals surface area (Å²) in [5.41, 5.74) is 0. The Bertz CT molecular complexity index is 946. The van der Waals surface area contributed by atoms with Crippen LogP contribution in [0.1, 0.15) is 0 Å². The van der Waals surface area contributed by atoms with Gasteiger partial charge in [-0.15, -0.1) is 18.7 Å². The first-order valence-corrected chi connectivity index (χ1v) is 12.2. The molecule has 12 nitrogen and oxygen atoms in total. The van der Waals surface area contributed by atoms with E-state index in [9.17, 15) is 36.0 Å². The molecule has 30 heavy (non-hydrogen) atoms. The van der Waals surface area contributed by atoms with E-state index in [2.05, 4.69) is 8.57 Å². The second-order valence-electron chi connectivity index (χ2n) is 5.99. The standard InChI is InChI=1S/C10H4Cl6N2O10S2/c11-9(12,13)29(23,24)27-17-5(19)1-2(6(17)20)4-3(1)7(21)18(8(4)22)28-30(25,26)10(14,15)16/h1-4H. The predicted octanol–water partition coefficient (Wildman–Crippen LogP) is 0.381. The minimum atomic E-state index is -5.12. The van der Waals surface area contributed by atoms with Crippen molar-refractivity contribution >= 4 is 113 Å². The summed E-state index contributed by atoms with van der Waals surface area (Å²) in [4.78, 5) is 49.6. The van der Waals surface area contributed by atoms with Gasteiger partial charge >= 0.3 is 26.5 Å². The molecular weight excluding hydrogens is 585 g/mol. The molecule has 1 saturated carbocycles. The van der Waals surface area contributed by atoms with Crippen LogP contribution in [-0.4, -0.2) is 56.8 Å². The highest BCUT2D eigenvalue weighted by atomic mass is 35.6. The summed E-state index contributed by atoms with van der Waals surface area (Å²) in [7, 11) is -10.2. The Labute approximate surface area is 197 Å². The molecule has 0 unspecified atom stereocenters. The molecule has 2 heterocycles. The number of rotatable bonds is 4. The number of fused-ring (bicyclic) bond motifs is 4. The van der Waals surface area contributed by atoms with Gasteiger partial charge in [0, 0.05) is 0 Å². The van der Waals surface area contributed by atoms with Crippen molar-refractivity contribution < 1.29 is 44.6 Å². The summed E-state index contributed by atoms with van der Waals surface area (Å²) in [6.45, 7) is 0. The number of carbonyl (C=O) groups is 4. The lowest BCUT2D eigenvalue weighted by Crippen LogP contribution is -2.50. The van der Waals surface area contributed by atoms with Crippen LogP contribution in [0.4, 0.5) is 0 Å². The second kappa shape index (κ2) is 7.17. The van der Waals surface area contributed by atoms with Gasteiger partial charge in [0.2, 0.25) is 0 Å². The molecular formula is C10H4Cl6N2O10S2. The number of hydrogen-bond donors (Lipinski definition) is 0. The molecule has 0 radical (unpaired) electrons. The Morgan fingerprint density at radius 3 is 0.933 bits per heavy atom. The van der Waals surface area contributed by atoms with Crippen molar-refractivity contribution in [3.8, 4) is 0 Å². The minimum absolute atomic E-state index is 0.241. The normalized spacial score (nSPS) is 29.9. The number of amides is 4. The van der Waals surface area contributed by atoms with Crippen LogP contribution in [-0.2, 0) is 48.0 Å². The van der Waals surface area contributed by atoms with Crippen LogP contribution >= 0.6 is 69.6 Å². The Hall–Kier alpha value is -0.160. The van der Waals surface area contributed by atoms with E-state index < -0.39 is 73.8 Å². The van der Waals surface area contributed by atoms with Crippen LogP contribution in [0.25, 0.3) is 0 Å². The highest BCUT2D eigenvalue weighted by Crippen LogP contribution is 2.57. The number of nitrogens with zero attached hydrogens (tertiary/aromatic N) is 2. The molecule has 0 aromatic rings. The molecule has 3 rings (SSSR count). The number of alkyl halides is 6. The third-order valence-electron chi connectivity index (χ3n) is 4.40. The Morgan fingerprint density at radius 1 is 0.567 bits per heavy atom. The van der Waals surface area contributed by atoms with E-state index in [1.807, 2.05) is 0 Å². The van der Waals surface area contributed by atoms with E-state index in [0.29, 0.717) is 0 Å². The van der Waals surface area contributed by atoms with Crippen LogP contribution in [0, 0.1) is 23.7 Å². The zero-order valence-electron chi connectivity index (χ0n) is 13.4. The van der Waals surface area contributed by atoms with Crippen molar-refractivity contribution in [3.05, 3.63) is 0 Å². The maximum Gasteiger partial charge on any atom is 0.338 e. The average molecular weight is 589 g/mol. The fraction of sp³-hybridized carbons (Fsp3) is 0.600. The third kappa shape index (κ3) is 3.49. The zero-order valence-corrected chi connectivity index (χ0v) is 19.5. The first-order chi connectivity index (χ1) is 13.3. The van der Waals surface area contributed by atoms with Crippen molar-refractivity contribution in [2.24, 2.45) is 23.7 Å². The topological polar surface area (TPSA) is 161 Å². The van der Waals surface area contributed by atoms with Crippen LogP contribution in [0.15, 0.2) is 0 Å². The van der Waals surface area contributed by atoms with Crippen molar-refractivity contribution in [1.29, 1.82) is 0 Å². The van der Waals surface area contributed by atoms with E-state index in [4.69, 9.17) is 69.6 Å². The van der Waals surface area contributed by atoms with E-state index in [-0.39, 0.29) is 10.1 Å². The molecule has 0 atom stereocenters. The molecule has 3 fully saturated rings. The van der Waals surface area contributed by atoms with Gasteiger partial charge in [0.05, 0.1) is 23.7 Å². The molecule has 4 amide bonds. The highest BCUT2D eigenvalue weighted by Gasteiger charge is 2.75. The summed E-state index contributed by atoms with van der Waals surface area (Å²) >= 11 is 31.2. The molecule has 0 aromatic heterocycles. The quantitative estimate of drug-likeness (QED) is 0.331. The lowest BCUT2D eigenvalue weighted by Gasteiger charge is -2.35. The van der Waals surface area contributed by atoms with E-state index >= 15 is 0 Å². The van der Waals surface area contributed by atoms with Crippen molar-refractivity contribution in [2.75, 3.05) is 0 Å². The maximum atomic E-state index is 12.4. The lowest BCUT2D eigenvalue weighted by atomic mass is 9.59. The van der Waals surface area contributed by atoms with Gasteiger partial charge in [-0.25, -0.2) is 0 Å². The van der Waals surface area contributed by atoms with E-state index in [1.165, 1.54) is 0 Å². The SMILES string of the molecule is O=C1C2C(C(=O)N1OS(=O)(=O)C(Cl)(Cl)Cl)C1C(=O)N(OS(=O)(=O)C(Cl)(Cl)Cl)C(=O)C21. The van der Waals surface area contributed by atoms with E-state index in [1.54, 1.807) is 0 Å². The molecule has 168 valence electrons.